The maximum absolute atomic E-state index is 3.62. The fourth-order valence-electron chi connectivity index (χ4n) is 3.32. The first-order valence-corrected chi connectivity index (χ1v) is 8.01. The van der Waals surface area contributed by atoms with E-state index in [0.29, 0.717) is 12.1 Å². The van der Waals surface area contributed by atoms with Gasteiger partial charge in [-0.25, -0.2) is 0 Å². The highest BCUT2D eigenvalue weighted by molar-refractivity contribution is 5.37. The van der Waals surface area contributed by atoms with Gasteiger partial charge in [-0.2, -0.15) is 0 Å². The lowest BCUT2D eigenvalue weighted by molar-refractivity contribution is 0.193. The summed E-state index contributed by atoms with van der Waals surface area (Å²) >= 11 is 0. The number of aryl methyl sites for hydroxylation is 3. The lowest BCUT2D eigenvalue weighted by atomic mass is 9.98. The molecule has 0 radical (unpaired) electrons. The molecule has 1 aliphatic rings. The van der Waals surface area contributed by atoms with Crippen LogP contribution in [0.5, 0.6) is 0 Å². The van der Waals surface area contributed by atoms with Crippen LogP contribution in [-0.2, 0) is 6.54 Å². The van der Waals surface area contributed by atoms with E-state index in [4.69, 9.17) is 0 Å². The van der Waals surface area contributed by atoms with E-state index in [1.54, 1.807) is 0 Å². The van der Waals surface area contributed by atoms with Crippen LogP contribution in [0.15, 0.2) is 12.1 Å². The fourth-order valence-corrected chi connectivity index (χ4v) is 3.32. The Morgan fingerprint density at radius 3 is 2.35 bits per heavy atom. The highest BCUT2D eigenvalue weighted by Gasteiger charge is 2.20. The van der Waals surface area contributed by atoms with Crippen LogP contribution in [0, 0.1) is 20.8 Å². The minimum Gasteiger partial charge on any atom is -0.313 e. The summed E-state index contributed by atoms with van der Waals surface area (Å²) in [6.07, 6.45) is 2.66. The van der Waals surface area contributed by atoms with E-state index in [9.17, 15) is 0 Å². The Labute approximate surface area is 124 Å². The number of nitrogens with one attached hydrogen (secondary N) is 1. The monoisotopic (exact) mass is 274 g/mol. The standard InChI is InChI=1S/C18H30N2/c1-13(2)20(11-17-7-6-8-19-17)12-18-15(4)9-14(3)10-16(18)5/h9-10,13,17,19H,6-8,11-12H2,1-5H3. The van der Waals surface area contributed by atoms with Crippen LogP contribution in [0.1, 0.15) is 48.9 Å². The minimum absolute atomic E-state index is 0.595. The molecule has 20 heavy (non-hydrogen) atoms. The molecule has 1 heterocycles. The van der Waals surface area contributed by atoms with Crippen LogP contribution in [0.25, 0.3) is 0 Å². The van der Waals surface area contributed by atoms with E-state index in [2.05, 4.69) is 57.0 Å². The SMILES string of the molecule is Cc1cc(C)c(CN(CC2CCCN2)C(C)C)c(C)c1. The zero-order valence-corrected chi connectivity index (χ0v) is 13.8. The lowest BCUT2D eigenvalue weighted by Crippen LogP contribution is -2.41. The van der Waals surface area contributed by atoms with Crippen molar-refractivity contribution in [3.8, 4) is 0 Å². The summed E-state index contributed by atoms with van der Waals surface area (Å²) in [4.78, 5) is 2.62. The van der Waals surface area contributed by atoms with Gasteiger partial charge in [-0.3, -0.25) is 4.90 Å². The molecular weight excluding hydrogens is 244 g/mol. The van der Waals surface area contributed by atoms with Gasteiger partial charge in [0.2, 0.25) is 0 Å². The lowest BCUT2D eigenvalue weighted by Gasteiger charge is -2.30. The molecule has 1 aliphatic heterocycles. The molecule has 1 unspecified atom stereocenters. The molecule has 1 fully saturated rings. The normalized spacial score (nSPS) is 19.2. The van der Waals surface area contributed by atoms with E-state index >= 15 is 0 Å². The van der Waals surface area contributed by atoms with Crippen LogP contribution in [0.4, 0.5) is 0 Å². The van der Waals surface area contributed by atoms with Gasteiger partial charge in [-0.15, -0.1) is 0 Å². The maximum atomic E-state index is 3.62. The molecule has 0 amide bonds. The average molecular weight is 274 g/mol. The summed E-state index contributed by atoms with van der Waals surface area (Å²) in [5.74, 6) is 0. The van der Waals surface area contributed by atoms with E-state index < -0.39 is 0 Å². The van der Waals surface area contributed by atoms with Gasteiger partial charge in [-0.05, 0) is 70.7 Å². The fraction of sp³-hybridized carbons (Fsp3) is 0.667. The topological polar surface area (TPSA) is 15.3 Å². The molecule has 2 heteroatoms. The van der Waals surface area contributed by atoms with Gasteiger partial charge in [-0.1, -0.05) is 17.7 Å². The number of hydrogen-bond acceptors (Lipinski definition) is 2. The van der Waals surface area contributed by atoms with Crippen molar-refractivity contribution in [2.45, 2.75) is 66.1 Å². The largest absolute Gasteiger partial charge is 0.313 e. The first-order chi connectivity index (χ1) is 9.47. The molecule has 0 spiro atoms. The molecule has 112 valence electrons. The molecule has 1 N–H and O–H groups in total. The number of hydrogen-bond donors (Lipinski definition) is 1. The number of nitrogens with zero attached hydrogens (tertiary/aromatic N) is 1. The Hall–Kier alpha value is -0.860. The third-order valence-corrected chi connectivity index (χ3v) is 4.55. The zero-order chi connectivity index (χ0) is 14.7. The van der Waals surface area contributed by atoms with Crippen molar-refractivity contribution in [2.24, 2.45) is 0 Å². The van der Waals surface area contributed by atoms with Crippen molar-refractivity contribution in [3.05, 3.63) is 34.4 Å². The molecule has 2 nitrogen and oxygen atoms in total. The second-order valence-electron chi connectivity index (χ2n) is 6.69. The van der Waals surface area contributed by atoms with Crippen molar-refractivity contribution >= 4 is 0 Å². The smallest absolute Gasteiger partial charge is 0.0242 e. The van der Waals surface area contributed by atoms with Gasteiger partial charge in [0.1, 0.15) is 0 Å². The first-order valence-electron chi connectivity index (χ1n) is 8.01. The van der Waals surface area contributed by atoms with Gasteiger partial charge >= 0.3 is 0 Å². The van der Waals surface area contributed by atoms with E-state index in [1.165, 1.54) is 48.2 Å². The van der Waals surface area contributed by atoms with Crippen molar-refractivity contribution in [2.75, 3.05) is 13.1 Å². The third-order valence-electron chi connectivity index (χ3n) is 4.55. The summed E-state index contributed by atoms with van der Waals surface area (Å²) in [5, 5.41) is 3.62. The van der Waals surface area contributed by atoms with E-state index in [-0.39, 0.29) is 0 Å². The minimum atomic E-state index is 0.595. The summed E-state index contributed by atoms with van der Waals surface area (Å²) in [6.45, 7) is 14.8. The summed E-state index contributed by atoms with van der Waals surface area (Å²) in [6, 6.07) is 5.91. The second kappa shape index (κ2) is 6.73. The third kappa shape index (κ3) is 3.83. The van der Waals surface area contributed by atoms with Crippen LogP contribution >= 0.6 is 0 Å². The second-order valence-corrected chi connectivity index (χ2v) is 6.69. The highest BCUT2D eigenvalue weighted by Crippen LogP contribution is 2.20. The predicted molar refractivity (Wildman–Crippen MR) is 87.2 cm³/mol. The molecule has 1 atom stereocenters. The number of benzene rings is 1. The summed E-state index contributed by atoms with van der Waals surface area (Å²) < 4.78 is 0. The van der Waals surface area contributed by atoms with Gasteiger partial charge in [0.15, 0.2) is 0 Å². The Balaban J connectivity index is 2.11. The van der Waals surface area contributed by atoms with E-state index in [1.807, 2.05) is 0 Å². The summed E-state index contributed by atoms with van der Waals surface area (Å²) in [5.41, 5.74) is 5.76. The predicted octanol–water partition coefficient (Wildman–Crippen LogP) is 3.57. The molecule has 2 rings (SSSR count). The van der Waals surface area contributed by atoms with Crippen LogP contribution < -0.4 is 5.32 Å². The van der Waals surface area contributed by atoms with Gasteiger partial charge in [0, 0.05) is 25.2 Å². The quantitative estimate of drug-likeness (QED) is 0.883. The van der Waals surface area contributed by atoms with Crippen LogP contribution in [0.2, 0.25) is 0 Å². The molecule has 0 aliphatic carbocycles. The first kappa shape index (κ1) is 15.5. The molecule has 0 saturated carbocycles. The molecular formula is C18H30N2. The van der Waals surface area contributed by atoms with Crippen molar-refractivity contribution in [3.63, 3.8) is 0 Å². The molecule has 0 aromatic heterocycles. The molecule has 0 bridgehead atoms. The van der Waals surface area contributed by atoms with Gasteiger partial charge in [0.25, 0.3) is 0 Å². The molecule has 1 saturated heterocycles. The Morgan fingerprint density at radius 2 is 1.85 bits per heavy atom. The van der Waals surface area contributed by atoms with Gasteiger partial charge in [0.05, 0.1) is 0 Å². The van der Waals surface area contributed by atoms with Crippen LogP contribution in [-0.4, -0.2) is 30.1 Å². The van der Waals surface area contributed by atoms with Crippen molar-refractivity contribution in [1.82, 2.24) is 10.2 Å². The summed E-state index contributed by atoms with van der Waals surface area (Å²) in [7, 11) is 0. The Morgan fingerprint density at radius 1 is 1.20 bits per heavy atom. The molecule has 1 aromatic carbocycles. The average Bonchev–Trinajstić information content (AvgIpc) is 2.84. The van der Waals surface area contributed by atoms with Gasteiger partial charge < -0.3 is 5.32 Å². The zero-order valence-electron chi connectivity index (χ0n) is 13.8. The van der Waals surface area contributed by atoms with Crippen LogP contribution in [0.3, 0.4) is 0 Å². The number of rotatable bonds is 5. The highest BCUT2D eigenvalue weighted by atomic mass is 15.2. The Kier molecular flexibility index (Phi) is 5.22. The van der Waals surface area contributed by atoms with Crippen molar-refractivity contribution in [1.29, 1.82) is 0 Å². The molecule has 1 aromatic rings. The van der Waals surface area contributed by atoms with E-state index in [0.717, 1.165) is 6.54 Å². The van der Waals surface area contributed by atoms with Crippen molar-refractivity contribution < 1.29 is 0 Å². The Bertz CT molecular complexity index is 422. The maximum Gasteiger partial charge on any atom is 0.0242 e.